The van der Waals surface area contributed by atoms with E-state index < -0.39 is 11.7 Å². The van der Waals surface area contributed by atoms with Gasteiger partial charge in [-0.15, -0.1) is 0 Å². The lowest BCUT2D eigenvalue weighted by Gasteiger charge is -2.30. The highest BCUT2D eigenvalue weighted by Gasteiger charge is 2.33. The Hall–Kier alpha value is -0.510. The largest absolute Gasteiger partial charge is 0.416 e. The summed E-state index contributed by atoms with van der Waals surface area (Å²) in [6, 6.07) is 5.53. The van der Waals surface area contributed by atoms with E-state index in [9.17, 15) is 13.2 Å². The van der Waals surface area contributed by atoms with Crippen molar-refractivity contribution in [1.29, 1.82) is 0 Å². The van der Waals surface area contributed by atoms with Gasteiger partial charge in [0.25, 0.3) is 0 Å². The van der Waals surface area contributed by atoms with Gasteiger partial charge in [0.05, 0.1) is 5.56 Å². The number of rotatable bonds is 4. The van der Waals surface area contributed by atoms with Crippen molar-refractivity contribution >= 4 is 15.9 Å². The highest BCUT2D eigenvalue weighted by atomic mass is 79.9. The van der Waals surface area contributed by atoms with Crippen LogP contribution >= 0.6 is 15.9 Å². The van der Waals surface area contributed by atoms with E-state index in [-0.39, 0.29) is 5.41 Å². The monoisotopic (exact) mass is 334 g/mol. The van der Waals surface area contributed by atoms with E-state index in [0.29, 0.717) is 5.56 Å². The van der Waals surface area contributed by atoms with Gasteiger partial charge in [-0.25, -0.2) is 0 Å². The zero-order valence-corrected chi connectivity index (χ0v) is 12.9. The van der Waals surface area contributed by atoms with Gasteiger partial charge in [-0.05, 0) is 29.9 Å². The molecule has 0 aliphatic carbocycles. The van der Waals surface area contributed by atoms with Crippen molar-refractivity contribution in [1.82, 2.24) is 0 Å². The molecular weight excluding hydrogens is 317 g/mol. The molecule has 0 fully saturated rings. The van der Waals surface area contributed by atoms with E-state index in [2.05, 4.69) is 15.9 Å². The van der Waals surface area contributed by atoms with Crippen LogP contribution in [-0.2, 0) is 6.18 Å². The number of benzene rings is 1. The molecule has 0 heterocycles. The first-order valence-electron chi connectivity index (χ1n) is 6.10. The maximum Gasteiger partial charge on any atom is 0.416 e. The van der Waals surface area contributed by atoms with E-state index in [1.54, 1.807) is 6.07 Å². The van der Waals surface area contributed by atoms with Crippen molar-refractivity contribution in [3.05, 3.63) is 47.7 Å². The molecule has 2 radical (unpaired) electrons. The molecule has 0 aromatic heterocycles. The van der Waals surface area contributed by atoms with Gasteiger partial charge in [-0.3, -0.25) is 0 Å². The van der Waals surface area contributed by atoms with E-state index in [4.69, 9.17) is 0 Å². The molecule has 0 nitrogen and oxygen atoms in total. The Morgan fingerprint density at radius 3 is 2.32 bits per heavy atom. The summed E-state index contributed by atoms with van der Waals surface area (Å²) in [6.07, 6.45) is -1.50. The van der Waals surface area contributed by atoms with Crippen LogP contribution in [0.1, 0.15) is 38.3 Å². The Labute approximate surface area is 121 Å². The van der Waals surface area contributed by atoms with Crippen molar-refractivity contribution in [3.8, 4) is 0 Å². The van der Waals surface area contributed by atoms with Gasteiger partial charge in [-0.1, -0.05) is 54.9 Å². The molecule has 0 unspecified atom stereocenters. The Balaban J connectivity index is 3.09. The smallest absolute Gasteiger partial charge is 0.166 e. The molecule has 1 rings (SSSR count). The van der Waals surface area contributed by atoms with E-state index >= 15 is 0 Å². The zero-order valence-electron chi connectivity index (χ0n) is 11.3. The third kappa shape index (κ3) is 4.83. The van der Waals surface area contributed by atoms with Gasteiger partial charge in [0.15, 0.2) is 0 Å². The normalized spacial score (nSPS) is 13.1. The fourth-order valence-corrected chi connectivity index (χ4v) is 2.15. The molecule has 0 bridgehead atoms. The minimum absolute atomic E-state index is 0.188. The van der Waals surface area contributed by atoms with Crippen molar-refractivity contribution < 1.29 is 13.2 Å². The van der Waals surface area contributed by atoms with Gasteiger partial charge in [0, 0.05) is 11.2 Å². The number of halogens is 4. The fraction of sp³-hybridized carbons (Fsp3) is 0.467. The number of hydrogen-bond acceptors (Lipinski definition) is 0. The predicted octanol–water partition coefficient (Wildman–Crippen LogP) is 5.66. The molecule has 0 atom stereocenters. The molecule has 0 N–H and O–H groups in total. The minimum Gasteiger partial charge on any atom is -0.166 e. The maximum atomic E-state index is 12.8. The Kier molecular flexibility index (Phi) is 5.48. The quantitative estimate of drug-likeness (QED) is 0.623. The molecule has 0 spiro atoms. The van der Waals surface area contributed by atoms with Crippen LogP contribution in [0.2, 0.25) is 0 Å². The summed E-state index contributed by atoms with van der Waals surface area (Å²) in [7, 11) is 0. The van der Waals surface area contributed by atoms with Crippen LogP contribution in [0.25, 0.3) is 0 Å². The van der Waals surface area contributed by atoms with Crippen molar-refractivity contribution in [2.24, 2.45) is 5.41 Å². The summed E-state index contributed by atoms with van der Waals surface area (Å²) in [5.74, 6) is 0.943. The highest BCUT2D eigenvalue weighted by molar-refractivity contribution is 9.09. The first-order chi connectivity index (χ1) is 8.66. The van der Waals surface area contributed by atoms with Crippen molar-refractivity contribution in [2.75, 3.05) is 5.33 Å². The van der Waals surface area contributed by atoms with Crippen LogP contribution in [-0.4, -0.2) is 5.33 Å². The predicted molar refractivity (Wildman–Crippen MR) is 76.0 cm³/mol. The Morgan fingerprint density at radius 2 is 1.84 bits per heavy atom. The second-order valence-corrected chi connectivity index (χ2v) is 6.22. The van der Waals surface area contributed by atoms with E-state index in [1.165, 1.54) is 12.1 Å². The highest BCUT2D eigenvalue weighted by Crippen LogP contribution is 2.39. The molecule has 0 amide bonds. The molecule has 19 heavy (non-hydrogen) atoms. The van der Waals surface area contributed by atoms with Gasteiger partial charge in [0.1, 0.15) is 0 Å². The summed E-state index contributed by atoms with van der Waals surface area (Å²) in [5.41, 5.74) is -0.144. The summed E-state index contributed by atoms with van der Waals surface area (Å²) in [6.45, 7) is 6.02. The molecule has 0 aliphatic heterocycles. The van der Waals surface area contributed by atoms with Gasteiger partial charge in [-0.2, -0.15) is 13.2 Å². The summed E-state index contributed by atoms with van der Waals surface area (Å²) >= 11 is 3.34. The third-order valence-electron chi connectivity index (χ3n) is 2.77. The molecule has 1 aromatic carbocycles. The number of hydrogen-bond donors (Lipinski definition) is 0. The van der Waals surface area contributed by atoms with E-state index in [1.807, 2.05) is 27.2 Å². The van der Waals surface area contributed by atoms with Crippen LogP contribution in [0.3, 0.4) is 0 Å². The SMILES string of the molecule is CC(C)(C)[C]([CH]CCBr)c1cccc(C(F)(F)F)c1. The summed E-state index contributed by atoms with van der Waals surface area (Å²) in [5, 5.41) is 0.797. The van der Waals surface area contributed by atoms with Crippen LogP contribution in [0.15, 0.2) is 24.3 Å². The van der Waals surface area contributed by atoms with Crippen LogP contribution < -0.4 is 0 Å². The number of alkyl halides is 4. The average molecular weight is 335 g/mol. The first-order valence-corrected chi connectivity index (χ1v) is 7.22. The minimum atomic E-state index is -4.30. The molecule has 0 saturated carbocycles. The van der Waals surface area contributed by atoms with Gasteiger partial charge in [0.2, 0.25) is 0 Å². The third-order valence-corrected chi connectivity index (χ3v) is 3.22. The molecular formula is C15H18BrF3. The lowest BCUT2D eigenvalue weighted by Crippen LogP contribution is -2.21. The van der Waals surface area contributed by atoms with Crippen LogP contribution in [0.4, 0.5) is 13.2 Å². The summed E-state index contributed by atoms with van der Waals surface area (Å²) in [4.78, 5) is 0. The standard InChI is InChI=1S/C15H18BrF3/c1-14(2,3)13(8-5-9-16)11-6-4-7-12(10-11)15(17,18)19/h4,6-8,10H,5,9H2,1-3H3. The van der Waals surface area contributed by atoms with E-state index in [0.717, 1.165) is 23.7 Å². The lowest BCUT2D eigenvalue weighted by atomic mass is 9.74. The van der Waals surface area contributed by atoms with Crippen molar-refractivity contribution in [2.45, 2.75) is 33.4 Å². The van der Waals surface area contributed by atoms with Crippen molar-refractivity contribution in [3.63, 3.8) is 0 Å². The Morgan fingerprint density at radius 1 is 1.21 bits per heavy atom. The molecule has 4 heteroatoms. The zero-order chi connectivity index (χ0) is 14.7. The van der Waals surface area contributed by atoms with Gasteiger partial charge >= 0.3 is 6.18 Å². The first kappa shape index (κ1) is 16.5. The lowest BCUT2D eigenvalue weighted by molar-refractivity contribution is -0.137. The summed E-state index contributed by atoms with van der Waals surface area (Å²) < 4.78 is 38.3. The molecule has 106 valence electrons. The molecule has 0 aliphatic rings. The molecule has 1 aromatic rings. The second-order valence-electron chi connectivity index (χ2n) is 5.42. The second kappa shape index (κ2) is 6.29. The van der Waals surface area contributed by atoms with Crippen LogP contribution in [0, 0.1) is 17.8 Å². The maximum absolute atomic E-state index is 12.8. The Bertz CT molecular complexity index is 405. The fourth-order valence-electron chi connectivity index (χ4n) is 1.92. The van der Waals surface area contributed by atoms with Gasteiger partial charge < -0.3 is 0 Å². The average Bonchev–Trinajstić information content (AvgIpc) is 2.27. The van der Waals surface area contributed by atoms with Crippen LogP contribution in [0.5, 0.6) is 0 Å². The molecule has 0 saturated heterocycles. The topological polar surface area (TPSA) is 0 Å².